The Morgan fingerprint density at radius 3 is 2.50 bits per heavy atom. The van der Waals surface area contributed by atoms with Crippen molar-refractivity contribution in [3.8, 4) is 0 Å². The van der Waals surface area contributed by atoms with Crippen molar-refractivity contribution in [1.82, 2.24) is 4.72 Å². The molecule has 0 aromatic carbocycles. The van der Waals surface area contributed by atoms with Crippen molar-refractivity contribution in [2.45, 2.75) is 27.2 Å². The highest BCUT2D eigenvalue weighted by Crippen LogP contribution is 2.03. The molecule has 0 saturated heterocycles. The normalized spacial score (nSPS) is 11.8. The van der Waals surface area contributed by atoms with Crippen LogP contribution >= 0.6 is 11.9 Å². The Labute approximate surface area is 88.8 Å². The number of amides is 1. The summed E-state index contributed by atoms with van der Waals surface area (Å²) >= 11 is 0.806. The fourth-order valence-electron chi connectivity index (χ4n) is 0.813. The van der Waals surface area contributed by atoms with Crippen LogP contribution < -0.4 is 4.72 Å². The molecular weight excluding hydrogens is 198 g/mol. The topological polar surface area (TPSA) is 46.2 Å². The maximum absolute atomic E-state index is 11.4. The third-order valence-corrected chi connectivity index (χ3v) is 1.89. The van der Waals surface area contributed by atoms with Crippen LogP contribution in [0.4, 0.5) is 0 Å². The molecule has 0 bridgehead atoms. The first kappa shape index (κ1) is 13.0. The maximum atomic E-state index is 11.4. The fraction of sp³-hybridized carbons (Fsp3) is 0.400. The summed E-state index contributed by atoms with van der Waals surface area (Å²) < 4.78 is 2.46. The first-order valence-electron chi connectivity index (χ1n) is 4.42. The van der Waals surface area contributed by atoms with Gasteiger partial charge in [0.25, 0.3) is 5.91 Å². The highest BCUT2D eigenvalue weighted by molar-refractivity contribution is 8.12. The zero-order valence-electron chi connectivity index (χ0n) is 8.66. The maximum Gasteiger partial charge on any atom is 0.261 e. The smallest absolute Gasteiger partial charge is 0.261 e. The van der Waals surface area contributed by atoms with Gasteiger partial charge in [-0.15, -0.1) is 0 Å². The lowest BCUT2D eigenvalue weighted by atomic mass is 10.2. The van der Waals surface area contributed by atoms with Crippen molar-refractivity contribution in [2.24, 2.45) is 0 Å². The van der Waals surface area contributed by atoms with E-state index in [2.05, 4.69) is 4.72 Å². The SMILES string of the molecule is C/C=C\C(=C/CC)C(=O)NSC(C)=O. The molecule has 78 valence electrons. The minimum Gasteiger partial charge on any atom is -0.289 e. The van der Waals surface area contributed by atoms with Crippen LogP contribution in [-0.2, 0) is 9.59 Å². The van der Waals surface area contributed by atoms with Crippen molar-refractivity contribution < 1.29 is 9.59 Å². The Balaban J connectivity index is 4.30. The zero-order valence-corrected chi connectivity index (χ0v) is 9.48. The largest absolute Gasteiger partial charge is 0.289 e. The average Bonchev–Trinajstić information content (AvgIpc) is 2.14. The molecule has 1 amide bonds. The van der Waals surface area contributed by atoms with E-state index in [-0.39, 0.29) is 11.0 Å². The van der Waals surface area contributed by atoms with E-state index in [1.807, 2.05) is 19.9 Å². The van der Waals surface area contributed by atoms with Gasteiger partial charge in [0, 0.05) is 24.4 Å². The Morgan fingerprint density at radius 1 is 1.43 bits per heavy atom. The Bertz CT molecular complexity index is 269. The summed E-state index contributed by atoms with van der Waals surface area (Å²) in [6, 6.07) is 0. The molecule has 0 fully saturated rings. The van der Waals surface area contributed by atoms with Gasteiger partial charge in [-0.25, -0.2) is 0 Å². The minimum absolute atomic E-state index is 0.130. The predicted molar refractivity (Wildman–Crippen MR) is 59.6 cm³/mol. The van der Waals surface area contributed by atoms with Crippen LogP contribution in [0.25, 0.3) is 0 Å². The molecule has 0 aliphatic rings. The van der Waals surface area contributed by atoms with Gasteiger partial charge in [0.1, 0.15) is 0 Å². The van der Waals surface area contributed by atoms with E-state index in [1.165, 1.54) is 6.92 Å². The number of carbonyl (C=O) groups excluding carboxylic acids is 2. The van der Waals surface area contributed by atoms with Gasteiger partial charge in [-0.05, 0) is 13.3 Å². The molecule has 0 unspecified atom stereocenters. The second kappa shape index (κ2) is 7.38. The molecule has 0 saturated carbocycles. The Kier molecular flexibility index (Phi) is 6.84. The second-order valence-electron chi connectivity index (χ2n) is 2.59. The highest BCUT2D eigenvalue weighted by atomic mass is 32.2. The highest BCUT2D eigenvalue weighted by Gasteiger charge is 2.06. The van der Waals surface area contributed by atoms with Crippen molar-refractivity contribution in [3.63, 3.8) is 0 Å². The first-order valence-corrected chi connectivity index (χ1v) is 5.24. The molecule has 1 N–H and O–H groups in total. The molecule has 3 nitrogen and oxygen atoms in total. The van der Waals surface area contributed by atoms with Gasteiger partial charge in [0.2, 0.25) is 5.12 Å². The predicted octanol–water partition coefficient (Wildman–Crippen LogP) is 2.21. The number of nitrogens with one attached hydrogen (secondary N) is 1. The molecule has 0 radical (unpaired) electrons. The van der Waals surface area contributed by atoms with Gasteiger partial charge in [-0.1, -0.05) is 25.2 Å². The van der Waals surface area contributed by atoms with Gasteiger partial charge in [-0.2, -0.15) is 0 Å². The van der Waals surface area contributed by atoms with E-state index in [4.69, 9.17) is 0 Å². The van der Waals surface area contributed by atoms with Crippen LogP contribution in [0.3, 0.4) is 0 Å². The van der Waals surface area contributed by atoms with Crippen LogP contribution in [0, 0.1) is 0 Å². The monoisotopic (exact) mass is 213 g/mol. The van der Waals surface area contributed by atoms with E-state index in [0.717, 1.165) is 18.4 Å². The molecule has 0 atom stereocenters. The van der Waals surface area contributed by atoms with Crippen molar-refractivity contribution in [1.29, 1.82) is 0 Å². The molecular formula is C10H15NO2S. The summed E-state index contributed by atoms with van der Waals surface area (Å²) in [6.07, 6.45) is 6.12. The lowest BCUT2D eigenvalue weighted by Gasteiger charge is -2.01. The third kappa shape index (κ3) is 5.59. The molecule has 4 heteroatoms. The summed E-state index contributed by atoms with van der Waals surface area (Å²) in [5, 5.41) is -0.130. The Hall–Kier alpha value is -1.03. The fourth-order valence-corrected chi connectivity index (χ4v) is 1.17. The van der Waals surface area contributed by atoms with Gasteiger partial charge in [-0.3, -0.25) is 14.3 Å². The lowest BCUT2D eigenvalue weighted by molar-refractivity contribution is -0.116. The van der Waals surface area contributed by atoms with E-state index in [1.54, 1.807) is 12.2 Å². The molecule has 0 heterocycles. The Morgan fingerprint density at radius 2 is 2.07 bits per heavy atom. The van der Waals surface area contributed by atoms with Crippen molar-refractivity contribution in [3.05, 3.63) is 23.8 Å². The van der Waals surface area contributed by atoms with Gasteiger partial charge in [0.05, 0.1) is 0 Å². The molecule has 0 aromatic heterocycles. The van der Waals surface area contributed by atoms with E-state index in [9.17, 15) is 9.59 Å². The molecule has 0 spiro atoms. The summed E-state index contributed by atoms with van der Waals surface area (Å²) in [5.41, 5.74) is 0.587. The van der Waals surface area contributed by atoms with Crippen LogP contribution in [0.15, 0.2) is 23.8 Å². The van der Waals surface area contributed by atoms with Gasteiger partial charge < -0.3 is 0 Å². The van der Waals surface area contributed by atoms with Gasteiger partial charge in [0.15, 0.2) is 0 Å². The van der Waals surface area contributed by atoms with Crippen LogP contribution in [-0.4, -0.2) is 11.0 Å². The second-order valence-corrected chi connectivity index (χ2v) is 3.58. The molecule has 14 heavy (non-hydrogen) atoms. The van der Waals surface area contributed by atoms with E-state index < -0.39 is 0 Å². The van der Waals surface area contributed by atoms with Crippen molar-refractivity contribution >= 4 is 23.0 Å². The van der Waals surface area contributed by atoms with E-state index in [0.29, 0.717) is 5.57 Å². The number of hydrogen-bond acceptors (Lipinski definition) is 3. The van der Waals surface area contributed by atoms with E-state index >= 15 is 0 Å². The summed E-state index contributed by atoms with van der Waals surface area (Å²) in [6.45, 7) is 5.20. The molecule has 0 aromatic rings. The first-order chi connectivity index (χ1) is 6.61. The quantitative estimate of drug-likeness (QED) is 0.444. The summed E-state index contributed by atoms with van der Waals surface area (Å²) in [7, 11) is 0. The number of rotatable bonds is 3. The minimum atomic E-state index is -0.231. The lowest BCUT2D eigenvalue weighted by Crippen LogP contribution is -2.18. The van der Waals surface area contributed by atoms with Crippen molar-refractivity contribution in [2.75, 3.05) is 0 Å². The molecule has 0 aliphatic heterocycles. The number of hydrogen-bond donors (Lipinski definition) is 1. The number of allylic oxidation sites excluding steroid dienone is 2. The summed E-state index contributed by atoms with van der Waals surface area (Å²) in [5.74, 6) is -0.231. The summed E-state index contributed by atoms with van der Waals surface area (Å²) in [4.78, 5) is 22.0. The standard InChI is InChI=1S/C10H15NO2S/c1-4-6-9(7-5-2)10(13)11-14-8(3)12/h4,6-7H,5H2,1-3H3,(H,11,13)/b6-4-,9-7+. The molecule has 0 rings (SSSR count). The van der Waals surface area contributed by atoms with Gasteiger partial charge >= 0.3 is 0 Å². The average molecular weight is 213 g/mol. The zero-order chi connectivity index (χ0) is 11.0. The molecule has 0 aliphatic carbocycles. The van der Waals surface area contributed by atoms with Crippen LogP contribution in [0.1, 0.15) is 27.2 Å². The van der Waals surface area contributed by atoms with Crippen LogP contribution in [0.2, 0.25) is 0 Å². The third-order valence-electron chi connectivity index (χ3n) is 1.32. The van der Waals surface area contributed by atoms with Crippen LogP contribution in [0.5, 0.6) is 0 Å². The number of carbonyl (C=O) groups is 2.